The van der Waals surface area contributed by atoms with Crippen LogP contribution in [0.5, 0.6) is 0 Å². The van der Waals surface area contributed by atoms with Crippen LogP contribution in [-0.4, -0.2) is 27.8 Å². The van der Waals surface area contributed by atoms with Crippen molar-refractivity contribution >= 4 is 12.0 Å². The minimum Gasteiger partial charge on any atom is -0.467 e. The second kappa shape index (κ2) is 4.00. The Bertz CT molecular complexity index is 487. The molecule has 1 aromatic heterocycles. The predicted molar refractivity (Wildman–Crippen MR) is 57.5 cm³/mol. The van der Waals surface area contributed by atoms with Crippen LogP contribution >= 0.6 is 0 Å². The molecule has 90 valence electrons. The number of aromatic nitrogens is 2. The van der Waals surface area contributed by atoms with Crippen LogP contribution in [0.25, 0.3) is 6.08 Å². The van der Waals surface area contributed by atoms with Crippen LogP contribution in [0.4, 0.5) is 0 Å². The van der Waals surface area contributed by atoms with Crippen molar-refractivity contribution < 1.29 is 14.5 Å². The molecule has 1 saturated carbocycles. The van der Waals surface area contributed by atoms with Crippen molar-refractivity contribution in [1.29, 1.82) is 0 Å². The van der Waals surface area contributed by atoms with E-state index in [0.29, 0.717) is 18.5 Å². The number of nitro groups is 1. The number of ether oxygens (including phenoxy) is 1. The molecule has 0 amide bonds. The van der Waals surface area contributed by atoms with Gasteiger partial charge >= 0.3 is 5.97 Å². The Morgan fingerprint density at radius 1 is 1.71 bits per heavy atom. The summed E-state index contributed by atoms with van der Waals surface area (Å²) in [7, 11) is 1.33. The maximum atomic E-state index is 11.6. The second-order valence-corrected chi connectivity index (χ2v) is 3.81. The first-order chi connectivity index (χ1) is 8.08. The number of hydrogen-bond acceptors (Lipinski definition) is 5. The van der Waals surface area contributed by atoms with Gasteiger partial charge in [-0.15, -0.1) is 0 Å². The van der Waals surface area contributed by atoms with Crippen molar-refractivity contribution in [1.82, 2.24) is 9.78 Å². The third-order valence-electron chi connectivity index (χ3n) is 2.70. The molecule has 1 heterocycles. The van der Waals surface area contributed by atoms with Gasteiger partial charge in [0.15, 0.2) is 5.54 Å². The number of carbonyl (C=O) groups is 1. The quantitative estimate of drug-likeness (QED) is 0.439. The van der Waals surface area contributed by atoms with Gasteiger partial charge in [-0.3, -0.25) is 14.8 Å². The summed E-state index contributed by atoms with van der Waals surface area (Å²) in [6.07, 6.45) is 5.08. The average molecular weight is 237 g/mol. The van der Waals surface area contributed by atoms with E-state index in [9.17, 15) is 14.9 Å². The number of nitrogens with zero attached hydrogens (tertiary/aromatic N) is 3. The Labute approximate surface area is 96.8 Å². The van der Waals surface area contributed by atoms with E-state index in [0.717, 1.165) is 6.20 Å². The van der Waals surface area contributed by atoms with E-state index >= 15 is 0 Å². The third kappa shape index (κ3) is 2.03. The van der Waals surface area contributed by atoms with E-state index in [1.165, 1.54) is 17.9 Å². The van der Waals surface area contributed by atoms with E-state index < -0.39 is 10.5 Å². The molecule has 0 unspecified atom stereocenters. The molecule has 0 saturated heterocycles. The maximum absolute atomic E-state index is 11.6. The Hall–Kier alpha value is -2.18. The number of hydrogen-bond donors (Lipinski definition) is 0. The highest BCUT2D eigenvalue weighted by molar-refractivity contribution is 5.81. The van der Waals surface area contributed by atoms with E-state index in [1.54, 1.807) is 12.3 Å². The molecule has 1 aliphatic carbocycles. The molecule has 0 N–H and O–H groups in total. The fourth-order valence-corrected chi connectivity index (χ4v) is 1.64. The average Bonchev–Trinajstić information content (AvgIpc) is 2.98. The van der Waals surface area contributed by atoms with Crippen LogP contribution in [0.1, 0.15) is 18.5 Å². The Morgan fingerprint density at radius 3 is 2.94 bits per heavy atom. The lowest BCUT2D eigenvalue weighted by atomic mass is 10.3. The van der Waals surface area contributed by atoms with Crippen molar-refractivity contribution in [3.05, 3.63) is 34.3 Å². The van der Waals surface area contributed by atoms with Crippen molar-refractivity contribution in [2.75, 3.05) is 7.11 Å². The molecule has 0 aromatic carbocycles. The first-order valence-corrected chi connectivity index (χ1v) is 5.05. The summed E-state index contributed by atoms with van der Waals surface area (Å²) in [5.74, 6) is -0.328. The molecule has 1 fully saturated rings. The van der Waals surface area contributed by atoms with Crippen LogP contribution in [0.2, 0.25) is 0 Å². The first kappa shape index (κ1) is 11.3. The summed E-state index contributed by atoms with van der Waals surface area (Å²) in [5, 5.41) is 14.3. The lowest BCUT2D eigenvalue weighted by Crippen LogP contribution is -2.29. The zero-order valence-electron chi connectivity index (χ0n) is 9.20. The van der Waals surface area contributed by atoms with Gasteiger partial charge in [-0.1, -0.05) is 0 Å². The van der Waals surface area contributed by atoms with Gasteiger partial charge in [0, 0.05) is 12.3 Å². The zero-order valence-corrected chi connectivity index (χ0v) is 9.20. The molecule has 0 aliphatic heterocycles. The molecule has 0 bridgehead atoms. The Kier molecular flexibility index (Phi) is 2.66. The number of esters is 1. The van der Waals surface area contributed by atoms with Crippen LogP contribution in [-0.2, 0) is 15.1 Å². The highest BCUT2D eigenvalue weighted by Gasteiger charge is 2.53. The fraction of sp³-hybridized carbons (Fsp3) is 0.400. The third-order valence-corrected chi connectivity index (χ3v) is 2.70. The standard InChI is InChI=1S/C10H11N3O4/c1-17-9(14)10(4-5-10)12-6-2-8(11-12)3-7-13(15)16/h2-3,6-7H,4-5H2,1H3/b7-3+. The van der Waals surface area contributed by atoms with Gasteiger partial charge < -0.3 is 4.74 Å². The van der Waals surface area contributed by atoms with Gasteiger partial charge in [-0.05, 0) is 18.9 Å². The minimum absolute atomic E-state index is 0.328. The monoisotopic (exact) mass is 237 g/mol. The molecule has 2 rings (SSSR count). The van der Waals surface area contributed by atoms with Gasteiger partial charge in [0.2, 0.25) is 6.20 Å². The molecule has 0 radical (unpaired) electrons. The molecule has 7 heteroatoms. The lowest BCUT2D eigenvalue weighted by Gasteiger charge is -2.12. The summed E-state index contributed by atoms with van der Waals surface area (Å²) < 4.78 is 6.23. The van der Waals surface area contributed by atoms with E-state index in [4.69, 9.17) is 4.74 Å². The fourth-order valence-electron chi connectivity index (χ4n) is 1.64. The van der Waals surface area contributed by atoms with Crippen LogP contribution in [0, 0.1) is 10.1 Å². The van der Waals surface area contributed by atoms with Crippen LogP contribution in [0.15, 0.2) is 18.5 Å². The topological polar surface area (TPSA) is 87.3 Å². The minimum atomic E-state index is -0.699. The summed E-state index contributed by atoms with van der Waals surface area (Å²) >= 11 is 0. The van der Waals surface area contributed by atoms with Crippen molar-refractivity contribution in [2.24, 2.45) is 0 Å². The highest BCUT2D eigenvalue weighted by Crippen LogP contribution is 2.44. The first-order valence-electron chi connectivity index (χ1n) is 5.05. The summed E-state index contributed by atoms with van der Waals surface area (Å²) in [6.45, 7) is 0. The normalized spacial score (nSPS) is 17.0. The van der Waals surface area contributed by atoms with Crippen LogP contribution in [0.3, 0.4) is 0 Å². The van der Waals surface area contributed by atoms with Crippen LogP contribution < -0.4 is 0 Å². The maximum Gasteiger partial charge on any atom is 0.333 e. The number of rotatable bonds is 4. The number of methoxy groups -OCH3 is 1. The molecular weight excluding hydrogens is 226 g/mol. The van der Waals surface area contributed by atoms with Crippen molar-refractivity contribution in [2.45, 2.75) is 18.4 Å². The van der Waals surface area contributed by atoms with Gasteiger partial charge in [-0.2, -0.15) is 5.10 Å². The Balaban J connectivity index is 2.19. The van der Waals surface area contributed by atoms with Crippen molar-refractivity contribution in [3.8, 4) is 0 Å². The molecule has 7 nitrogen and oxygen atoms in total. The molecule has 17 heavy (non-hydrogen) atoms. The van der Waals surface area contributed by atoms with Gasteiger partial charge in [0.25, 0.3) is 0 Å². The van der Waals surface area contributed by atoms with E-state index in [2.05, 4.69) is 5.10 Å². The summed E-state index contributed by atoms with van der Waals surface area (Å²) in [5.41, 5.74) is -0.257. The van der Waals surface area contributed by atoms with E-state index in [-0.39, 0.29) is 5.97 Å². The summed E-state index contributed by atoms with van der Waals surface area (Å²) in [4.78, 5) is 21.2. The largest absolute Gasteiger partial charge is 0.467 e. The molecule has 1 aromatic rings. The smallest absolute Gasteiger partial charge is 0.333 e. The van der Waals surface area contributed by atoms with Gasteiger partial charge in [-0.25, -0.2) is 4.79 Å². The molecule has 1 aliphatic rings. The molecule has 0 atom stereocenters. The molecule has 0 spiro atoms. The SMILES string of the molecule is COC(=O)C1(n2ccc(/C=C/[N+](=O)[O-])n2)CC1. The molecular formula is C10H11N3O4. The number of carbonyl (C=O) groups excluding carboxylic acids is 1. The second-order valence-electron chi connectivity index (χ2n) is 3.81. The van der Waals surface area contributed by atoms with E-state index in [1.807, 2.05) is 0 Å². The van der Waals surface area contributed by atoms with Crippen molar-refractivity contribution in [3.63, 3.8) is 0 Å². The van der Waals surface area contributed by atoms with Gasteiger partial charge in [0.05, 0.1) is 17.7 Å². The predicted octanol–water partition coefficient (Wildman–Crippen LogP) is 0.793. The Morgan fingerprint density at radius 2 is 2.41 bits per heavy atom. The highest BCUT2D eigenvalue weighted by atomic mass is 16.6. The summed E-state index contributed by atoms with van der Waals surface area (Å²) in [6, 6.07) is 1.61. The zero-order chi connectivity index (χ0) is 12.5. The lowest BCUT2D eigenvalue weighted by molar-refractivity contribution is -0.401. The van der Waals surface area contributed by atoms with Gasteiger partial charge in [0.1, 0.15) is 0 Å².